The van der Waals surface area contributed by atoms with E-state index in [4.69, 9.17) is 0 Å². The van der Waals surface area contributed by atoms with Crippen molar-refractivity contribution in [2.75, 3.05) is 10.6 Å². The molecule has 0 fully saturated rings. The zero-order chi connectivity index (χ0) is 19.5. The number of H-pyrrole nitrogens is 1. The van der Waals surface area contributed by atoms with Gasteiger partial charge in [0, 0.05) is 52.9 Å². The number of para-hydroxylation sites is 1. The SMILES string of the molecule is CC(=O)Nc1ccc(N[C@H](c2ccncc2)c2c(C)[nH]c3ccccc23)cc1. The molecule has 2 heterocycles. The van der Waals surface area contributed by atoms with Gasteiger partial charge in [-0.15, -0.1) is 0 Å². The molecule has 0 aliphatic rings. The Morgan fingerprint density at radius 1 is 0.964 bits per heavy atom. The number of nitrogens with zero attached hydrogens (tertiary/aromatic N) is 1. The Morgan fingerprint density at radius 3 is 2.36 bits per heavy atom. The molecule has 0 spiro atoms. The standard InChI is InChI=1S/C23H22N4O/c1-15-22(20-5-3-4-6-21(20)25-15)23(17-11-13-24-14-12-17)27-19-9-7-18(8-10-19)26-16(2)28/h3-14,23,25,27H,1-2H3,(H,26,28)/t23-/m1/s1. The molecule has 0 unspecified atom stereocenters. The number of hydrogen-bond donors (Lipinski definition) is 3. The van der Waals surface area contributed by atoms with Crippen molar-refractivity contribution in [1.29, 1.82) is 0 Å². The van der Waals surface area contributed by atoms with Gasteiger partial charge in [0.15, 0.2) is 0 Å². The van der Waals surface area contributed by atoms with Crippen LogP contribution in [0.2, 0.25) is 0 Å². The number of aromatic amines is 1. The lowest BCUT2D eigenvalue weighted by Crippen LogP contribution is -2.13. The second kappa shape index (κ2) is 7.56. The number of hydrogen-bond acceptors (Lipinski definition) is 3. The molecular formula is C23H22N4O. The van der Waals surface area contributed by atoms with E-state index in [0.717, 1.165) is 28.1 Å². The molecule has 4 rings (SSSR count). The first kappa shape index (κ1) is 17.8. The molecule has 5 heteroatoms. The number of fused-ring (bicyclic) bond motifs is 1. The summed E-state index contributed by atoms with van der Waals surface area (Å²) in [6.07, 6.45) is 3.63. The number of carbonyl (C=O) groups excluding carboxylic acids is 1. The highest BCUT2D eigenvalue weighted by Gasteiger charge is 2.20. The largest absolute Gasteiger partial charge is 0.374 e. The summed E-state index contributed by atoms with van der Waals surface area (Å²) in [6.45, 7) is 3.61. The summed E-state index contributed by atoms with van der Waals surface area (Å²) in [4.78, 5) is 18.9. The van der Waals surface area contributed by atoms with Crippen molar-refractivity contribution in [2.45, 2.75) is 19.9 Å². The fourth-order valence-corrected chi connectivity index (χ4v) is 3.57. The van der Waals surface area contributed by atoms with E-state index in [2.05, 4.69) is 45.7 Å². The van der Waals surface area contributed by atoms with Crippen LogP contribution in [-0.4, -0.2) is 15.9 Å². The number of anilines is 2. The Morgan fingerprint density at radius 2 is 1.64 bits per heavy atom. The molecule has 0 saturated carbocycles. The van der Waals surface area contributed by atoms with Gasteiger partial charge >= 0.3 is 0 Å². The van der Waals surface area contributed by atoms with Gasteiger partial charge in [-0.2, -0.15) is 0 Å². The lowest BCUT2D eigenvalue weighted by molar-refractivity contribution is -0.114. The Kier molecular flexibility index (Phi) is 4.81. The maximum absolute atomic E-state index is 11.2. The number of amides is 1. The molecule has 1 atom stereocenters. The van der Waals surface area contributed by atoms with Crippen LogP contribution in [0, 0.1) is 6.92 Å². The van der Waals surface area contributed by atoms with Crippen LogP contribution in [0.1, 0.15) is 29.8 Å². The van der Waals surface area contributed by atoms with Crippen LogP contribution in [0.15, 0.2) is 73.1 Å². The van der Waals surface area contributed by atoms with Crippen LogP contribution >= 0.6 is 0 Å². The summed E-state index contributed by atoms with van der Waals surface area (Å²) >= 11 is 0. The normalized spacial score (nSPS) is 11.9. The molecule has 5 nitrogen and oxygen atoms in total. The number of pyridine rings is 1. The topological polar surface area (TPSA) is 69.8 Å². The summed E-state index contributed by atoms with van der Waals surface area (Å²) < 4.78 is 0. The van der Waals surface area contributed by atoms with Crippen LogP contribution in [0.25, 0.3) is 10.9 Å². The number of carbonyl (C=O) groups is 1. The molecule has 1 amide bonds. The van der Waals surface area contributed by atoms with Crippen molar-refractivity contribution < 1.29 is 4.79 Å². The third kappa shape index (κ3) is 3.60. The number of nitrogens with one attached hydrogen (secondary N) is 3. The van der Waals surface area contributed by atoms with Crippen molar-refractivity contribution in [1.82, 2.24) is 9.97 Å². The van der Waals surface area contributed by atoms with Gasteiger partial charge in [0.1, 0.15) is 0 Å². The Hall–Kier alpha value is -3.60. The molecule has 0 saturated heterocycles. The minimum absolute atomic E-state index is 0.0363. The zero-order valence-corrected chi connectivity index (χ0v) is 15.9. The average molecular weight is 370 g/mol. The van der Waals surface area contributed by atoms with Crippen molar-refractivity contribution in [2.24, 2.45) is 0 Å². The van der Waals surface area contributed by atoms with Gasteiger partial charge in [-0.1, -0.05) is 18.2 Å². The van der Waals surface area contributed by atoms with Crippen molar-refractivity contribution in [3.05, 3.63) is 89.9 Å². The minimum atomic E-state index is -0.0789. The maximum atomic E-state index is 11.2. The minimum Gasteiger partial charge on any atom is -0.374 e. The molecule has 0 bridgehead atoms. The first-order valence-electron chi connectivity index (χ1n) is 9.23. The van der Waals surface area contributed by atoms with Gasteiger partial charge in [0.25, 0.3) is 0 Å². The fraction of sp³-hybridized carbons (Fsp3) is 0.130. The summed E-state index contributed by atoms with van der Waals surface area (Å²) in [5, 5.41) is 7.65. The summed E-state index contributed by atoms with van der Waals surface area (Å²) in [5.74, 6) is -0.0789. The number of rotatable bonds is 5. The number of aryl methyl sites for hydroxylation is 1. The lowest BCUT2D eigenvalue weighted by atomic mass is 9.96. The van der Waals surface area contributed by atoms with Crippen LogP contribution in [0.3, 0.4) is 0 Å². The van der Waals surface area contributed by atoms with Crippen LogP contribution in [0.4, 0.5) is 11.4 Å². The smallest absolute Gasteiger partial charge is 0.221 e. The molecule has 28 heavy (non-hydrogen) atoms. The second-order valence-electron chi connectivity index (χ2n) is 6.83. The lowest BCUT2D eigenvalue weighted by Gasteiger charge is -2.21. The predicted molar refractivity (Wildman–Crippen MR) is 113 cm³/mol. The monoisotopic (exact) mass is 370 g/mol. The van der Waals surface area contributed by atoms with E-state index in [1.54, 1.807) is 0 Å². The van der Waals surface area contributed by atoms with Crippen LogP contribution in [0.5, 0.6) is 0 Å². The van der Waals surface area contributed by atoms with E-state index in [-0.39, 0.29) is 11.9 Å². The summed E-state index contributed by atoms with van der Waals surface area (Å²) in [5.41, 5.74) is 6.35. The summed E-state index contributed by atoms with van der Waals surface area (Å²) in [7, 11) is 0. The van der Waals surface area contributed by atoms with E-state index >= 15 is 0 Å². The molecule has 4 aromatic rings. The van der Waals surface area contributed by atoms with E-state index in [1.165, 1.54) is 17.9 Å². The van der Waals surface area contributed by atoms with Gasteiger partial charge in [-0.25, -0.2) is 0 Å². The van der Waals surface area contributed by atoms with Crippen LogP contribution in [-0.2, 0) is 4.79 Å². The van der Waals surface area contributed by atoms with Crippen molar-refractivity contribution >= 4 is 28.2 Å². The summed E-state index contributed by atoms with van der Waals surface area (Å²) in [6, 6.07) is 20.1. The highest BCUT2D eigenvalue weighted by atomic mass is 16.1. The highest BCUT2D eigenvalue weighted by molar-refractivity contribution is 5.89. The van der Waals surface area contributed by atoms with E-state index in [0.29, 0.717) is 0 Å². The van der Waals surface area contributed by atoms with Crippen molar-refractivity contribution in [3.63, 3.8) is 0 Å². The third-order valence-electron chi connectivity index (χ3n) is 4.79. The van der Waals surface area contributed by atoms with Gasteiger partial charge in [0.2, 0.25) is 5.91 Å². The molecule has 2 aromatic carbocycles. The first-order chi connectivity index (χ1) is 13.6. The molecule has 0 aliphatic heterocycles. The molecule has 0 radical (unpaired) electrons. The van der Waals surface area contributed by atoms with E-state index < -0.39 is 0 Å². The van der Waals surface area contributed by atoms with Gasteiger partial charge < -0.3 is 15.6 Å². The van der Waals surface area contributed by atoms with E-state index in [1.807, 2.05) is 54.9 Å². The predicted octanol–water partition coefficient (Wildman–Crippen LogP) is 5.03. The molecule has 3 N–H and O–H groups in total. The van der Waals surface area contributed by atoms with Gasteiger partial charge in [0.05, 0.1) is 6.04 Å². The van der Waals surface area contributed by atoms with E-state index in [9.17, 15) is 4.79 Å². The van der Waals surface area contributed by atoms with Gasteiger partial charge in [-0.3, -0.25) is 9.78 Å². The Labute approximate surface area is 163 Å². The Balaban J connectivity index is 1.75. The molecular weight excluding hydrogens is 348 g/mol. The highest BCUT2D eigenvalue weighted by Crippen LogP contribution is 2.34. The van der Waals surface area contributed by atoms with Crippen molar-refractivity contribution in [3.8, 4) is 0 Å². The first-order valence-corrected chi connectivity index (χ1v) is 9.23. The molecule has 2 aromatic heterocycles. The average Bonchev–Trinajstić information content (AvgIpc) is 3.03. The fourth-order valence-electron chi connectivity index (χ4n) is 3.57. The zero-order valence-electron chi connectivity index (χ0n) is 15.9. The quantitative estimate of drug-likeness (QED) is 0.461. The molecule has 140 valence electrons. The van der Waals surface area contributed by atoms with Gasteiger partial charge in [-0.05, 0) is 55.0 Å². The third-order valence-corrected chi connectivity index (χ3v) is 4.79. The molecule has 0 aliphatic carbocycles. The number of benzene rings is 2. The Bertz CT molecular complexity index is 1100. The van der Waals surface area contributed by atoms with Crippen LogP contribution < -0.4 is 10.6 Å². The number of aromatic nitrogens is 2. The maximum Gasteiger partial charge on any atom is 0.221 e. The second-order valence-corrected chi connectivity index (χ2v) is 6.83.